The molecule has 5 heteroatoms. The van der Waals surface area contributed by atoms with Gasteiger partial charge in [0.05, 0.1) is 0 Å². The summed E-state index contributed by atoms with van der Waals surface area (Å²) in [7, 11) is 0. The summed E-state index contributed by atoms with van der Waals surface area (Å²) in [5.74, 6) is -0.971. The Labute approximate surface area is 114 Å². The maximum absolute atomic E-state index is 10.7. The number of thioether (sulfide) groups is 1. The van der Waals surface area contributed by atoms with Gasteiger partial charge in [-0.05, 0) is 40.0 Å². The summed E-state index contributed by atoms with van der Waals surface area (Å²) in [6, 6.07) is 5.02. The van der Waals surface area contributed by atoms with Crippen LogP contribution in [-0.2, 0) is 11.2 Å². The monoisotopic (exact) mass is 317 g/mol. The zero-order valence-electron chi connectivity index (χ0n) is 9.81. The number of aliphatic carboxylic acids is 1. The highest BCUT2D eigenvalue weighted by atomic mass is 79.9. The summed E-state index contributed by atoms with van der Waals surface area (Å²) in [6.45, 7) is 4.26. The third-order valence-corrected chi connectivity index (χ3v) is 4.13. The smallest absolute Gasteiger partial charge is 0.320 e. The van der Waals surface area contributed by atoms with E-state index < -0.39 is 12.0 Å². The summed E-state index contributed by atoms with van der Waals surface area (Å²) in [5, 5.41) is 9.26. The molecule has 1 aromatic carbocycles. The van der Waals surface area contributed by atoms with Crippen LogP contribution in [0.25, 0.3) is 0 Å². The van der Waals surface area contributed by atoms with Crippen molar-refractivity contribution >= 4 is 33.7 Å². The van der Waals surface area contributed by atoms with E-state index in [1.54, 1.807) is 11.8 Å². The van der Waals surface area contributed by atoms with E-state index in [1.807, 2.05) is 18.2 Å². The van der Waals surface area contributed by atoms with Crippen molar-refractivity contribution in [3.05, 3.63) is 28.2 Å². The zero-order valence-corrected chi connectivity index (χ0v) is 12.2. The van der Waals surface area contributed by atoms with E-state index in [4.69, 9.17) is 10.8 Å². The molecule has 0 heterocycles. The standard InChI is InChI=1S/C12H16BrNO2S/c1-7(2)17-11-4-3-8(5-9(11)13)6-10(14)12(15)16/h3-5,7,10H,6,14H2,1-2H3,(H,15,16). The van der Waals surface area contributed by atoms with Crippen LogP contribution in [0.1, 0.15) is 19.4 Å². The van der Waals surface area contributed by atoms with Gasteiger partial charge in [-0.15, -0.1) is 11.8 Å². The van der Waals surface area contributed by atoms with E-state index in [0.29, 0.717) is 11.7 Å². The molecule has 0 amide bonds. The van der Waals surface area contributed by atoms with Crippen molar-refractivity contribution in [2.24, 2.45) is 5.73 Å². The molecule has 1 rings (SSSR count). The summed E-state index contributed by atoms with van der Waals surface area (Å²) in [4.78, 5) is 11.8. The lowest BCUT2D eigenvalue weighted by Crippen LogP contribution is -2.32. The minimum absolute atomic E-state index is 0.348. The fraction of sp³-hybridized carbons (Fsp3) is 0.417. The van der Waals surface area contributed by atoms with Crippen LogP contribution < -0.4 is 5.73 Å². The fourth-order valence-electron chi connectivity index (χ4n) is 1.36. The third kappa shape index (κ3) is 4.69. The number of nitrogens with two attached hydrogens (primary N) is 1. The third-order valence-electron chi connectivity index (χ3n) is 2.13. The van der Waals surface area contributed by atoms with Gasteiger partial charge >= 0.3 is 5.97 Å². The number of hydrogen-bond donors (Lipinski definition) is 2. The van der Waals surface area contributed by atoms with Crippen LogP contribution in [0.2, 0.25) is 0 Å². The Balaban J connectivity index is 2.78. The predicted molar refractivity (Wildman–Crippen MR) is 74.5 cm³/mol. The Hall–Kier alpha value is -0.520. The Morgan fingerprint density at radius 3 is 2.65 bits per heavy atom. The number of hydrogen-bond acceptors (Lipinski definition) is 3. The molecule has 94 valence electrons. The van der Waals surface area contributed by atoms with E-state index in [9.17, 15) is 4.79 Å². The molecule has 0 aliphatic rings. The molecule has 0 aromatic heterocycles. The van der Waals surface area contributed by atoms with Crippen molar-refractivity contribution in [3.8, 4) is 0 Å². The van der Waals surface area contributed by atoms with E-state index in [-0.39, 0.29) is 0 Å². The molecule has 0 fully saturated rings. The molecule has 0 spiro atoms. The van der Waals surface area contributed by atoms with Crippen molar-refractivity contribution in [1.82, 2.24) is 0 Å². The highest BCUT2D eigenvalue weighted by Crippen LogP contribution is 2.31. The molecule has 1 atom stereocenters. The zero-order chi connectivity index (χ0) is 13.0. The number of carbonyl (C=O) groups is 1. The number of carboxylic acid groups (broad SMARTS) is 1. The first-order valence-corrected chi connectivity index (χ1v) is 7.01. The normalized spacial score (nSPS) is 12.8. The van der Waals surface area contributed by atoms with Gasteiger partial charge in [-0.3, -0.25) is 4.79 Å². The molecule has 17 heavy (non-hydrogen) atoms. The van der Waals surface area contributed by atoms with Crippen molar-refractivity contribution in [3.63, 3.8) is 0 Å². The van der Waals surface area contributed by atoms with E-state index in [1.165, 1.54) is 0 Å². The summed E-state index contributed by atoms with van der Waals surface area (Å²) >= 11 is 5.26. The SMILES string of the molecule is CC(C)Sc1ccc(CC(N)C(=O)O)cc1Br. The van der Waals surface area contributed by atoms with E-state index in [0.717, 1.165) is 14.9 Å². The Morgan fingerprint density at radius 2 is 2.18 bits per heavy atom. The molecule has 1 aromatic rings. The van der Waals surface area contributed by atoms with Gasteiger partial charge in [-0.1, -0.05) is 19.9 Å². The lowest BCUT2D eigenvalue weighted by molar-refractivity contribution is -0.138. The maximum Gasteiger partial charge on any atom is 0.320 e. The van der Waals surface area contributed by atoms with Crippen LogP contribution in [0.3, 0.4) is 0 Å². The minimum Gasteiger partial charge on any atom is -0.480 e. The first-order valence-electron chi connectivity index (χ1n) is 5.33. The van der Waals surface area contributed by atoms with Crippen molar-refractivity contribution in [2.45, 2.75) is 36.5 Å². The lowest BCUT2D eigenvalue weighted by atomic mass is 10.1. The molecule has 0 aliphatic heterocycles. The van der Waals surface area contributed by atoms with Crippen LogP contribution >= 0.6 is 27.7 Å². The van der Waals surface area contributed by atoms with Gasteiger partial charge in [0.1, 0.15) is 6.04 Å². The van der Waals surface area contributed by atoms with Crippen molar-refractivity contribution in [2.75, 3.05) is 0 Å². The number of halogens is 1. The fourth-order valence-corrected chi connectivity index (χ4v) is 2.89. The molecular weight excluding hydrogens is 302 g/mol. The molecule has 1 unspecified atom stereocenters. The molecule has 0 saturated carbocycles. The molecule has 0 saturated heterocycles. The number of rotatable bonds is 5. The highest BCUT2D eigenvalue weighted by molar-refractivity contribution is 9.10. The average molecular weight is 318 g/mol. The van der Waals surface area contributed by atoms with Crippen LogP contribution in [0.5, 0.6) is 0 Å². The van der Waals surface area contributed by atoms with E-state index in [2.05, 4.69) is 29.8 Å². The number of carboxylic acids is 1. The second-order valence-corrected chi connectivity index (χ2v) is 6.55. The summed E-state index contributed by atoms with van der Waals surface area (Å²) in [6.07, 6.45) is 0.348. The second kappa shape index (κ2) is 6.42. The Kier molecular flexibility index (Phi) is 5.49. The number of benzene rings is 1. The molecular formula is C12H16BrNO2S. The predicted octanol–water partition coefficient (Wildman–Crippen LogP) is 2.90. The Morgan fingerprint density at radius 1 is 1.53 bits per heavy atom. The molecule has 3 N–H and O–H groups in total. The quantitative estimate of drug-likeness (QED) is 0.820. The van der Waals surface area contributed by atoms with Gasteiger partial charge < -0.3 is 10.8 Å². The minimum atomic E-state index is -0.971. The molecule has 3 nitrogen and oxygen atoms in total. The first kappa shape index (κ1) is 14.5. The maximum atomic E-state index is 10.7. The van der Waals surface area contributed by atoms with Crippen molar-refractivity contribution < 1.29 is 9.90 Å². The molecule has 0 radical (unpaired) electrons. The van der Waals surface area contributed by atoms with Gasteiger partial charge in [0, 0.05) is 14.6 Å². The highest BCUT2D eigenvalue weighted by Gasteiger charge is 2.13. The summed E-state index contributed by atoms with van der Waals surface area (Å²) in [5.41, 5.74) is 6.43. The van der Waals surface area contributed by atoms with Crippen LogP contribution in [0.4, 0.5) is 0 Å². The largest absolute Gasteiger partial charge is 0.480 e. The lowest BCUT2D eigenvalue weighted by Gasteiger charge is -2.10. The van der Waals surface area contributed by atoms with Gasteiger partial charge in [-0.2, -0.15) is 0 Å². The van der Waals surface area contributed by atoms with Crippen molar-refractivity contribution in [1.29, 1.82) is 0 Å². The first-order chi connectivity index (χ1) is 7.90. The van der Waals surface area contributed by atoms with Crippen LogP contribution in [-0.4, -0.2) is 22.4 Å². The Bertz CT molecular complexity index is 409. The van der Waals surface area contributed by atoms with Gasteiger partial charge in [0.15, 0.2) is 0 Å². The van der Waals surface area contributed by atoms with Crippen LogP contribution in [0.15, 0.2) is 27.6 Å². The summed E-state index contributed by atoms with van der Waals surface area (Å²) < 4.78 is 0.992. The molecule has 0 aliphatic carbocycles. The van der Waals surface area contributed by atoms with Crippen LogP contribution in [0, 0.1) is 0 Å². The van der Waals surface area contributed by atoms with Gasteiger partial charge in [-0.25, -0.2) is 0 Å². The van der Waals surface area contributed by atoms with Gasteiger partial charge in [0.2, 0.25) is 0 Å². The van der Waals surface area contributed by atoms with Gasteiger partial charge in [0.25, 0.3) is 0 Å². The average Bonchev–Trinajstić information content (AvgIpc) is 2.21. The van der Waals surface area contributed by atoms with E-state index >= 15 is 0 Å². The topological polar surface area (TPSA) is 63.3 Å². The second-order valence-electron chi connectivity index (χ2n) is 4.08. The molecule has 0 bridgehead atoms.